The first kappa shape index (κ1) is 15.3. The zero-order chi connectivity index (χ0) is 14.5. The summed E-state index contributed by atoms with van der Waals surface area (Å²) in [5.74, 6) is -1.15. The van der Waals surface area contributed by atoms with Crippen molar-refractivity contribution in [2.24, 2.45) is 11.8 Å². The number of nitrogens with zero attached hydrogens (tertiary/aromatic N) is 1. The normalized spacial score (nSPS) is 30.8. The van der Waals surface area contributed by atoms with Crippen LogP contribution in [0.25, 0.3) is 0 Å². The summed E-state index contributed by atoms with van der Waals surface area (Å²) in [5, 5.41) is 9.09. The van der Waals surface area contributed by atoms with E-state index in [-0.39, 0.29) is 23.8 Å². The Morgan fingerprint density at radius 1 is 1.15 bits per heavy atom. The maximum atomic E-state index is 12.4. The van der Waals surface area contributed by atoms with Crippen LogP contribution in [-0.4, -0.2) is 48.2 Å². The van der Waals surface area contributed by atoms with Crippen LogP contribution in [0, 0.1) is 11.8 Å². The Bertz CT molecular complexity index is 352. The minimum Gasteiger partial charge on any atom is -0.481 e. The van der Waals surface area contributed by atoms with Gasteiger partial charge in [0, 0.05) is 26.1 Å². The molecule has 1 N–H and O–H groups in total. The van der Waals surface area contributed by atoms with E-state index in [2.05, 4.69) is 0 Å². The summed E-state index contributed by atoms with van der Waals surface area (Å²) in [5.41, 5.74) is 0. The van der Waals surface area contributed by atoms with Gasteiger partial charge in [0.2, 0.25) is 5.91 Å². The van der Waals surface area contributed by atoms with Gasteiger partial charge in [-0.2, -0.15) is 0 Å². The molecule has 1 aliphatic carbocycles. The Morgan fingerprint density at radius 3 is 2.55 bits per heavy atom. The van der Waals surface area contributed by atoms with E-state index in [0.717, 1.165) is 38.7 Å². The van der Waals surface area contributed by atoms with Crippen LogP contribution in [0.1, 0.15) is 44.9 Å². The van der Waals surface area contributed by atoms with Gasteiger partial charge in [0.25, 0.3) is 0 Å². The summed E-state index contributed by atoms with van der Waals surface area (Å²) in [6, 6.07) is 0. The van der Waals surface area contributed by atoms with E-state index < -0.39 is 5.97 Å². The maximum absolute atomic E-state index is 12.4. The topological polar surface area (TPSA) is 66.8 Å². The van der Waals surface area contributed by atoms with Gasteiger partial charge in [-0.1, -0.05) is 6.42 Å². The van der Waals surface area contributed by atoms with Crippen molar-refractivity contribution in [3.63, 3.8) is 0 Å². The summed E-state index contributed by atoms with van der Waals surface area (Å²) in [4.78, 5) is 25.2. The third-order valence-corrected chi connectivity index (χ3v) is 4.50. The largest absolute Gasteiger partial charge is 0.481 e. The number of carboxylic acids is 1. The average Bonchev–Trinajstić information content (AvgIpc) is 2.47. The number of hydrogen-bond donors (Lipinski definition) is 1. The highest BCUT2D eigenvalue weighted by atomic mass is 16.5. The summed E-state index contributed by atoms with van der Waals surface area (Å²) in [7, 11) is 1.81. The summed E-state index contributed by atoms with van der Waals surface area (Å²) < 4.78 is 5.66. The molecule has 1 amide bonds. The van der Waals surface area contributed by atoms with Gasteiger partial charge in [-0.3, -0.25) is 9.59 Å². The van der Waals surface area contributed by atoms with E-state index >= 15 is 0 Å². The molecule has 5 nitrogen and oxygen atoms in total. The lowest BCUT2D eigenvalue weighted by molar-refractivity contribution is -0.145. The molecule has 0 radical (unpaired) electrons. The first-order valence-electron chi connectivity index (χ1n) is 7.67. The van der Waals surface area contributed by atoms with E-state index in [9.17, 15) is 9.59 Å². The van der Waals surface area contributed by atoms with Crippen LogP contribution < -0.4 is 0 Å². The van der Waals surface area contributed by atoms with Crippen molar-refractivity contribution < 1.29 is 19.4 Å². The van der Waals surface area contributed by atoms with Crippen molar-refractivity contribution in [2.75, 3.05) is 20.2 Å². The van der Waals surface area contributed by atoms with Crippen molar-refractivity contribution in [2.45, 2.75) is 51.0 Å². The molecule has 2 aliphatic rings. The second kappa shape index (κ2) is 7.07. The standard InChI is InChI=1S/C15H25NO4/c1-16(10-13-7-2-3-8-20-13)14(17)11-5-4-6-12(9-11)15(18)19/h11-13H,2-10H2,1H3,(H,18,19). The number of ether oxygens (including phenoxy) is 1. The fourth-order valence-corrected chi connectivity index (χ4v) is 3.30. The molecule has 0 bridgehead atoms. The molecular weight excluding hydrogens is 258 g/mol. The molecule has 114 valence electrons. The molecule has 1 saturated heterocycles. The number of carbonyl (C=O) groups is 2. The van der Waals surface area contributed by atoms with E-state index in [1.165, 1.54) is 0 Å². The zero-order valence-electron chi connectivity index (χ0n) is 12.2. The molecule has 20 heavy (non-hydrogen) atoms. The molecule has 3 unspecified atom stereocenters. The van der Waals surface area contributed by atoms with Crippen molar-refractivity contribution in [3.8, 4) is 0 Å². The van der Waals surface area contributed by atoms with E-state index in [0.29, 0.717) is 19.4 Å². The molecule has 0 aromatic rings. The number of aliphatic carboxylic acids is 1. The quantitative estimate of drug-likeness (QED) is 0.855. The lowest BCUT2D eigenvalue weighted by Crippen LogP contribution is -2.41. The molecule has 2 rings (SSSR count). The summed E-state index contributed by atoms with van der Waals surface area (Å²) in [6.45, 7) is 1.42. The molecule has 1 heterocycles. The van der Waals surface area contributed by atoms with Crippen molar-refractivity contribution in [3.05, 3.63) is 0 Å². The van der Waals surface area contributed by atoms with Gasteiger partial charge in [-0.05, 0) is 38.5 Å². The highest BCUT2D eigenvalue weighted by Gasteiger charge is 2.33. The highest BCUT2D eigenvalue weighted by Crippen LogP contribution is 2.30. The molecule has 2 fully saturated rings. The molecule has 0 aromatic carbocycles. The Morgan fingerprint density at radius 2 is 1.90 bits per heavy atom. The fraction of sp³-hybridized carbons (Fsp3) is 0.867. The van der Waals surface area contributed by atoms with Gasteiger partial charge < -0.3 is 14.7 Å². The maximum Gasteiger partial charge on any atom is 0.306 e. The summed E-state index contributed by atoms with van der Waals surface area (Å²) in [6.07, 6.45) is 6.28. The number of hydrogen-bond acceptors (Lipinski definition) is 3. The van der Waals surface area contributed by atoms with Crippen molar-refractivity contribution in [1.82, 2.24) is 4.90 Å². The molecule has 1 saturated carbocycles. The Labute approximate surface area is 120 Å². The van der Waals surface area contributed by atoms with Crippen LogP contribution in [-0.2, 0) is 14.3 Å². The average molecular weight is 283 g/mol. The fourth-order valence-electron chi connectivity index (χ4n) is 3.30. The second-order valence-corrected chi connectivity index (χ2v) is 6.11. The predicted molar refractivity (Wildman–Crippen MR) is 74.3 cm³/mol. The monoisotopic (exact) mass is 283 g/mol. The lowest BCUT2D eigenvalue weighted by Gasteiger charge is -2.32. The lowest BCUT2D eigenvalue weighted by atomic mass is 9.81. The van der Waals surface area contributed by atoms with Gasteiger partial charge in [0.1, 0.15) is 0 Å². The smallest absolute Gasteiger partial charge is 0.306 e. The Kier molecular flexibility index (Phi) is 5.40. The van der Waals surface area contributed by atoms with E-state index in [1.807, 2.05) is 7.05 Å². The van der Waals surface area contributed by atoms with E-state index in [1.54, 1.807) is 4.90 Å². The minimum absolute atomic E-state index is 0.0881. The van der Waals surface area contributed by atoms with Crippen LogP contribution in [0.2, 0.25) is 0 Å². The van der Waals surface area contributed by atoms with Crippen LogP contribution in [0.15, 0.2) is 0 Å². The molecule has 5 heteroatoms. The Hall–Kier alpha value is -1.10. The summed E-state index contributed by atoms with van der Waals surface area (Å²) >= 11 is 0. The van der Waals surface area contributed by atoms with Crippen LogP contribution in [0.5, 0.6) is 0 Å². The van der Waals surface area contributed by atoms with Gasteiger partial charge in [-0.25, -0.2) is 0 Å². The van der Waals surface area contributed by atoms with Gasteiger partial charge >= 0.3 is 5.97 Å². The van der Waals surface area contributed by atoms with E-state index in [4.69, 9.17) is 9.84 Å². The number of carbonyl (C=O) groups excluding carboxylic acids is 1. The molecule has 3 atom stereocenters. The highest BCUT2D eigenvalue weighted by molar-refractivity contribution is 5.80. The van der Waals surface area contributed by atoms with Crippen LogP contribution in [0.4, 0.5) is 0 Å². The van der Waals surface area contributed by atoms with Crippen molar-refractivity contribution in [1.29, 1.82) is 0 Å². The second-order valence-electron chi connectivity index (χ2n) is 6.11. The third-order valence-electron chi connectivity index (χ3n) is 4.50. The Balaban J connectivity index is 1.84. The minimum atomic E-state index is -0.763. The molecular formula is C15H25NO4. The van der Waals surface area contributed by atoms with Crippen LogP contribution in [0.3, 0.4) is 0 Å². The molecule has 0 aromatic heterocycles. The predicted octanol–water partition coefficient (Wildman–Crippen LogP) is 1.90. The van der Waals surface area contributed by atoms with Gasteiger partial charge in [0.05, 0.1) is 12.0 Å². The van der Waals surface area contributed by atoms with Gasteiger partial charge in [-0.15, -0.1) is 0 Å². The first-order chi connectivity index (χ1) is 9.58. The molecule has 1 aliphatic heterocycles. The van der Waals surface area contributed by atoms with Crippen LogP contribution >= 0.6 is 0 Å². The zero-order valence-corrected chi connectivity index (χ0v) is 12.2. The number of amides is 1. The first-order valence-corrected chi connectivity index (χ1v) is 7.67. The number of likely N-dealkylation sites (N-methyl/N-ethyl adjacent to an activating group) is 1. The van der Waals surface area contributed by atoms with Gasteiger partial charge in [0.15, 0.2) is 0 Å². The SMILES string of the molecule is CN(CC1CCCCO1)C(=O)C1CCCC(C(=O)O)C1. The number of rotatable bonds is 4. The molecule has 0 spiro atoms. The number of carboxylic acid groups (broad SMARTS) is 1. The van der Waals surface area contributed by atoms with Crippen molar-refractivity contribution >= 4 is 11.9 Å². The third kappa shape index (κ3) is 3.95.